The number of hydrogen-bond acceptors (Lipinski definition) is 3. The van der Waals surface area contributed by atoms with Crippen LogP contribution in [0.3, 0.4) is 0 Å². The molecule has 1 saturated carbocycles. The maximum absolute atomic E-state index is 12.6. The molecule has 0 saturated heterocycles. The molecule has 6 heteroatoms. The van der Waals surface area contributed by atoms with Gasteiger partial charge in [0, 0.05) is 25.8 Å². The van der Waals surface area contributed by atoms with E-state index in [9.17, 15) is 13.2 Å². The van der Waals surface area contributed by atoms with Crippen LogP contribution in [0.2, 0.25) is 0 Å². The lowest BCUT2D eigenvalue weighted by molar-refractivity contribution is -0.184. The molecule has 0 spiro atoms. The van der Waals surface area contributed by atoms with E-state index >= 15 is 0 Å². The maximum atomic E-state index is 12.6. The zero-order chi connectivity index (χ0) is 13.6. The molecule has 0 amide bonds. The van der Waals surface area contributed by atoms with Gasteiger partial charge in [-0.3, -0.25) is 0 Å². The number of alkyl halides is 3. The van der Waals surface area contributed by atoms with Gasteiger partial charge >= 0.3 is 6.18 Å². The third kappa shape index (κ3) is 5.12. The van der Waals surface area contributed by atoms with E-state index in [2.05, 4.69) is 5.32 Å². The first-order valence-corrected chi connectivity index (χ1v) is 6.40. The van der Waals surface area contributed by atoms with Gasteiger partial charge < -0.3 is 15.2 Å². The topological polar surface area (TPSA) is 41.5 Å². The molecule has 0 heterocycles. The van der Waals surface area contributed by atoms with E-state index in [1.165, 1.54) is 0 Å². The highest BCUT2D eigenvalue weighted by molar-refractivity contribution is 4.84. The fourth-order valence-electron chi connectivity index (χ4n) is 2.46. The van der Waals surface area contributed by atoms with E-state index < -0.39 is 12.1 Å². The predicted molar refractivity (Wildman–Crippen MR) is 62.3 cm³/mol. The minimum absolute atomic E-state index is 0.0729. The fraction of sp³-hybridized carbons (Fsp3) is 1.00. The number of rotatable bonds is 6. The molecule has 2 N–H and O–H groups in total. The Kier molecular flexibility index (Phi) is 6.38. The average Bonchev–Trinajstić information content (AvgIpc) is 2.33. The molecule has 1 rings (SSSR count). The lowest BCUT2D eigenvalue weighted by Crippen LogP contribution is -2.45. The fourth-order valence-corrected chi connectivity index (χ4v) is 2.46. The summed E-state index contributed by atoms with van der Waals surface area (Å²) in [6, 6.07) is -0.332. The van der Waals surface area contributed by atoms with Crippen LogP contribution in [0.5, 0.6) is 0 Å². The molecule has 0 aromatic carbocycles. The van der Waals surface area contributed by atoms with Crippen molar-refractivity contribution in [2.75, 3.05) is 20.3 Å². The molecule has 0 radical (unpaired) electrons. The van der Waals surface area contributed by atoms with Crippen molar-refractivity contribution in [3.8, 4) is 0 Å². The lowest BCUT2D eigenvalue weighted by atomic mass is 9.85. The Labute approximate surface area is 106 Å². The van der Waals surface area contributed by atoms with Crippen molar-refractivity contribution in [1.29, 1.82) is 0 Å². The van der Waals surface area contributed by atoms with Crippen molar-refractivity contribution in [2.45, 2.75) is 50.4 Å². The summed E-state index contributed by atoms with van der Waals surface area (Å²) < 4.78 is 42.8. The van der Waals surface area contributed by atoms with Crippen LogP contribution in [0.4, 0.5) is 13.2 Å². The maximum Gasteiger partial charge on any atom is 0.391 e. The van der Waals surface area contributed by atoms with Crippen LogP contribution >= 0.6 is 0 Å². The summed E-state index contributed by atoms with van der Waals surface area (Å²) in [7, 11) is 1.56. The summed E-state index contributed by atoms with van der Waals surface area (Å²) >= 11 is 0. The van der Waals surface area contributed by atoms with E-state index in [0.717, 1.165) is 6.42 Å². The molecule has 0 bridgehead atoms. The van der Waals surface area contributed by atoms with Gasteiger partial charge in [-0.1, -0.05) is 6.42 Å². The molecule has 0 aromatic heterocycles. The Balaban J connectivity index is 2.41. The van der Waals surface area contributed by atoms with E-state index in [1.54, 1.807) is 7.11 Å². The molecule has 1 aliphatic carbocycles. The van der Waals surface area contributed by atoms with E-state index in [1.807, 2.05) is 0 Å². The van der Waals surface area contributed by atoms with Crippen LogP contribution in [-0.2, 0) is 4.74 Å². The van der Waals surface area contributed by atoms with E-state index in [0.29, 0.717) is 19.4 Å². The van der Waals surface area contributed by atoms with Crippen molar-refractivity contribution in [3.63, 3.8) is 0 Å². The molecule has 0 aliphatic heterocycles. The molecule has 1 fully saturated rings. The number of methoxy groups -OCH3 is 1. The van der Waals surface area contributed by atoms with Gasteiger partial charge in [0.1, 0.15) is 0 Å². The summed E-state index contributed by atoms with van der Waals surface area (Å²) in [6.07, 6.45) is -1.81. The zero-order valence-corrected chi connectivity index (χ0v) is 10.7. The highest BCUT2D eigenvalue weighted by atomic mass is 19.4. The number of nitrogens with one attached hydrogen (secondary N) is 1. The number of aliphatic hydroxyl groups excluding tert-OH is 1. The second kappa shape index (κ2) is 7.31. The average molecular weight is 269 g/mol. The minimum atomic E-state index is -4.10. The summed E-state index contributed by atoms with van der Waals surface area (Å²) in [6.45, 7) is 0.421. The number of hydrogen-bond donors (Lipinski definition) is 2. The first kappa shape index (κ1) is 15.7. The van der Waals surface area contributed by atoms with Gasteiger partial charge in [0.2, 0.25) is 0 Å². The molecule has 108 valence electrons. The molecule has 3 unspecified atom stereocenters. The van der Waals surface area contributed by atoms with Crippen molar-refractivity contribution in [1.82, 2.24) is 5.32 Å². The largest absolute Gasteiger partial charge is 0.395 e. The van der Waals surface area contributed by atoms with Crippen LogP contribution in [0.25, 0.3) is 0 Å². The highest BCUT2D eigenvalue weighted by Crippen LogP contribution is 2.37. The van der Waals surface area contributed by atoms with Gasteiger partial charge in [-0.05, 0) is 25.7 Å². The SMILES string of the molecule is COCCC(CO)NC1CCCC(C(F)(F)F)C1. The smallest absolute Gasteiger partial charge is 0.391 e. The molecule has 3 atom stereocenters. The van der Waals surface area contributed by atoms with Crippen molar-refractivity contribution in [3.05, 3.63) is 0 Å². The number of ether oxygens (including phenoxy) is 1. The standard InChI is InChI=1S/C12H22F3NO2/c1-18-6-5-11(8-17)16-10-4-2-3-9(7-10)12(13,14)15/h9-11,16-17H,2-8H2,1H3. The summed E-state index contributed by atoms with van der Waals surface area (Å²) in [4.78, 5) is 0. The van der Waals surface area contributed by atoms with Crippen LogP contribution in [-0.4, -0.2) is 43.7 Å². The first-order valence-electron chi connectivity index (χ1n) is 6.40. The molecule has 3 nitrogen and oxygen atoms in total. The lowest BCUT2D eigenvalue weighted by Gasteiger charge is -2.33. The normalized spacial score (nSPS) is 27.2. The van der Waals surface area contributed by atoms with Crippen molar-refractivity contribution >= 4 is 0 Å². The Morgan fingerprint density at radius 1 is 1.39 bits per heavy atom. The Hall–Kier alpha value is -0.330. The molecule has 1 aliphatic rings. The predicted octanol–water partition coefficient (Wildman–Crippen LogP) is 2.09. The number of halogens is 3. The quantitative estimate of drug-likeness (QED) is 0.776. The van der Waals surface area contributed by atoms with Crippen LogP contribution < -0.4 is 5.32 Å². The Morgan fingerprint density at radius 3 is 2.67 bits per heavy atom. The highest BCUT2D eigenvalue weighted by Gasteiger charge is 2.42. The first-order chi connectivity index (χ1) is 8.47. The minimum Gasteiger partial charge on any atom is -0.395 e. The zero-order valence-electron chi connectivity index (χ0n) is 10.7. The molecule has 0 aromatic rings. The third-order valence-electron chi connectivity index (χ3n) is 3.50. The second-order valence-electron chi connectivity index (χ2n) is 4.93. The van der Waals surface area contributed by atoms with Gasteiger partial charge in [-0.25, -0.2) is 0 Å². The Morgan fingerprint density at radius 2 is 2.11 bits per heavy atom. The second-order valence-corrected chi connectivity index (χ2v) is 4.93. The van der Waals surface area contributed by atoms with Gasteiger partial charge in [0.25, 0.3) is 0 Å². The molecular formula is C12H22F3NO2. The summed E-state index contributed by atoms with van der Waals surface area (Å²) in [5.41, 5.74) is 0. The monoisotopic (exact) mass is 269 g/mol. The van der Waals surface area contributed by atoms with Gasteiger partial charge in [0.15, 0.2) is 0 Å². The van der Waals surface area contributed by atoms with Gasteiger partial charge in [-0.15, -0.1) is 0 Å². The van der Waals surface area contributed by atoms with Gasteiger partial charge in [-0.2, -0.15) is 13.2 Å². The molecule has 18 heavy (non-hydrogen) atoms. The van der Waals surface area contributed by atoms with E-state index in [-0.39, 0.29) is 31.5 Å². The Bertz CT molecular complexity index is 236. The van der Waals surface area contributed by atoms with Crippen LogP contribution in [0, 0.1) is 5.92 Å². The number of aliphatic hydroxyl groups is 1. The van der Waals surface area contributed by atoms with Crippen molar-refractivity contribution < 1.29 is 23.0 Å². The van der Waals surface area contributed by atoms with Gasteiger partial charge in [0.05, 0.1) is 12.5 Å². The van der Waals surface area contributed by atoms with Crippen LogP contribution in [0.15, 0.2) is 0 Å². The summed E-state index contributed by atoms with van der Waals surface area (Å²) in [5.74, 6) is -1.20. The summed E-state index contributed by atoms with van der Waals surface area (Å²) in [5, 5.41) is 12.3. The van der Waals surface area contributed by atoms with E-state index in [4.69, 9.17) is 9.84 Å². The van der Waals surface area contributed by atoms with Crippen LogP contribution in [0.1, 0.15) is 32.1 Å². The molecular weight excluding hydrogens is 247 g/mol. The third-order valence-corrected chi connectivity index (χ3v) is 3.50. The van der Waals surface area contributed by atoms with Crippen molar-refractivity contribution in [2.24, 2.45) is 5.92 Å².